The number of benzene rings is 2. The first-order valence-corrected chi connectivity index (χ1v) is 11.3. The van der Waals surface area contributed by atoms with Crippen LogP contribution in [0.4, 0.5) is 0 Å². The van der Waals surface area contributed by atoms with Gasteiger partial charge < -0.3 is 4.74 Å². The van der Waals surface area contributed by atoms with Crippen molar-refractivity contribution in [3.05, 3.63) is 64.7 Å². The maximum absolute atomic E-state index is 13.4. The van der Waals surface area contributed by atoms with Crippen LogP contribution in [0.5, 0.6) is 5.75 Å². The molecule has 3 atom stereocenters. The molecule has 4 rings (SSSR count). The lowest BCUT2D eigenvalue weighted by Crippen LogP contribution is -2.52. The second-order valence-electron chi connectivity index (χ2n) is 8.64. The highest BCUT2D eigenvalue weighted by atomic mass is 35.5. The molecule has 0 aromatic heterocycles. The number of fused-ring (bicyclic) bond motifs is 1. The molecule has 0 radical (unpaired) electrons. The van der Waals surface area contributed by atoms with E-state index < -0.39 is 41.9 Å². The lowest BCUT2D eigenvalue weighted by atomic mass is 9.76. The van der Waals surface area contributed by atoms with E-state index in [1.54, 1.807) is 36.4 Å². The number of imide groups is 1. The molecule has 0 bridgehead atoms. The summed E-state index contributed by atoms with van der Waals surface area (Å²) in [5.41, 5.74) is 0.570. The van der Waals surface area contributed by atoms with Crippen LogP contribution in [0.2, 0.25) is 5.02 Å². The average molecular weight is 469 g/mol. The first-order chi connectivity index (χ1) is 15.8. The van der Waals surface area contributed by atoms with E-state index in [0.29, 0.717) is 35.1 Å². The summed E-state index contributed by atoms with van der Waals surface area (Å²) in [4.78, 5) is 53.1. The Morgan fingerprint density at radius 2 is 1.58 bits per heavy atom. The Bertz CT molecular complexity index is 1080. The fourth-order valence-electron chi connectivity index (χ4n) is 4.59. The number of hydrogen-bond acceptors (Lipinski definition) is 5. The number of nitrogens with zero attached hydrogens (tertiary/aromatic N) is 2. The first kappa shape index (κ1) is 23.0. The lowest BCUT2D eigenvalue weighted by molar-refractivity contribution is -0.154. The molecular formula is C25H25ClN2O5. The van der Waals surface area contributed by atoms with Crippen LogP contribution < -0.4 is 4.74 Å². The van der Waals surface area contributed by atoms with Crippen molar-refractivity contribution in [3.63, 3.8) is 0 Å². The smallest absolute Gasteiger partial charge is 0.273 e. The SMILES string of the molecule is COc1ccc(C(=O)CN(C(=O)c2ccc(Cl)cc2)N2C(=O)[C@@H]3CC[C@@H](C)C[C@H]3C2=O)cc1. The summed E-state index contributed by atoms with van der Waals surface area (Å²) in [6.07, 6.45) is 2.05. The lowest BCUT2D eigenvalue weighted by Gasteiger charge is -2.30. The van der Waals surface area contributed by atoms with Crippen LogP contribution in [0.15, 0.2) is 48.5 Å². The van der Waals surface area contributed by atoms with Crippen LogP contribution in [-0.4, -0.2) is 47.2 Å². The second-order valence-corrected chi connectivity index (χ2v) is 9.08. The van der Waals surface area contributed by atoms with E-state index in [-0.39, 0.29) is 5.56 Å². The molecule has 2 aromatic rings. The van der Waals surface area contributed by atoms with Crippen LogP contribution >= 0.6 is 11.6 Å². The van der Waals surface area contributed by atoms with Crippen molar-refractivity contribution in [1.29, 1.82) is 0 Å². The third kappa shape index (κ3) is 4.50. The molecule has 2 fully saturated rings. The van der Waals surface area contributed by atoms with Crippen molar-refractivity contribution in [2.75, 3.05) is 13.7 Å². The maximum atomic E-state index is 13.4. The summed E-state index contributed by atoms with van der Waals surface area (Å²) >= 11 is 5.95. The van der Waals surface area contributed by atoms with Gasteiger partial charge in [0.15, 0.2) is 5.78 Å². The molecule has 172 valence electrons. The first-order valence-electron chi connectivity index (χ1n) is 10.9. The third-order valence-corrected chi connectivity index (χ3v) is 6.69. The van der Waals surface area contributed by atoms with Gasteiger partial charge in [0.1, 0.15) is 12.3 Å². The number of ketones is 1. The van der Waals surface area contributed by atoms with E-state index in [2.05, 4.69) is 6.92 Å². The summed E-state index contributed by atoms with van der Waals surface area (Å²) in [7, 11) is 1.52. The van der Waals surface area contributed by atoms with E-state index in [1.165, 1.54) is 19.2 Å². The fraction of sp³-hybridized carbons (Fsp3) is 0.360. The van der Waals surface area contributed by atoms with E-state index >= 15 is 0 Å². The van der Waals surface area contributed by atoms with E-state index in [9.17, 15) is 19.2 Å². The number of hydrogen-bond donors (Lipinski definition) is 0. The molecular weight excluding hydrogens is 444 g/mol. The number of hydrazine groups is 1. The maximum Gasteiger partial charge on any atom is 0.273 e. The Morgan fingerprint density at radius 1 is 0.970 bits per heavy atom. The summed E-state index contributed by atoms with van der Waals surface area (Å²) in [5.74, 6) is -1.84. The van der Waals surface area contributed by atoms with Crippen molar-refractivity contribution in [3.8, 4) is 5.75 Å². The van der Waals surface area contributed by atoms with Crippen LogP contribution in [0.3, 0.4) is 0 Å². The molecule has 0 N–H and O–H groups in total. The van der Waals surface area contributed by atoms with Gasteiger partial charge >= 0.3 is 0 Å². The molecule has 1 aliphatic heterocycles. The zero-order chi connectivity index (χ0) is 23.7. The number of amides is 3. The largest absolute Gasteiger partial charge is 0.497 e. The normalized spacial score (nSPS) is 22.2. The average Bonchev–Trinajstić information content (AvgIpc) is 3.06. The predicted molar refractivity (Wildman–Crippen MR) is 122 cm³/mol. The zero-order valence-electron chi connectivity index (χ0n) is 18.5. The number of Topliss-reactive ketones (excluding diaryl/α,β-unsaturated/α-hetero) is 1. The number of rotatable bonds is 6. The number of ether oxygens (including phenoxy) is 1. The predicted octanol–water partition coefficient (Wildman–Crippen LogP) is 4.01. The fourth-order valence-corrected chi connectivity index (χ4v) is 4.72. The van der Waals surface area contributed by atoms with E-state index in [0.717, 1.165) is 16.4 Å². The minimum atomic E-state index is -0.609. The van der Waals surface area contributed by atoms with Crippen LogP contribution in [0, 0.1) is 17.8 Å². The topological polar surface area (TPSA) is 84.0 Å². The standard InChI is InChI=1S/C25H25ClN2O5/c1-15-3-12-20-21(13-15)25(32)28(24(20)31)27(23(30)17-4-8-18(26)9-5-17)14-22(29)16-6-10-19(33-2)11-7-16/h4-11,15,20-21H,3,12-14H2,1-2H3/t15-,20-,21-/m1/s1. The van der Waals surface area contributed by atoms with Crippen LogP contribution in [0.1, 0.15) is 46.9 Å². The van der Waals surface area contributed by atoms with Gasteiger partial charge in [-0.15, -0.1) is 0 Å². The van der Waals surface area contributed by atoms with Crippen molar-refractivity contribution in [2.24, 2.45) is 17.8 Å². The molecule has 1 aliphatic carbocycles. The molecule has 7 nitrogen and oxygen atoms in total. The van der Waals surface area contributed by atoms with Gasteiger partial charge in [0.25, 0.3) is 17.7 Å². The van der Waals surface area contributed by atoms with Gasteiger partial charge in [-0.3, -0.25) is 19.2 Å². The number of methoxy groups -OCH3 is 1. The molecule has 0 unspecified atom stereocenters. The van der Waals surface area contributed by atoms with Crippen molar-refractivity contribution in [2.45, 2.75) is 26.2 Å². The highest BCUT2D eigenvalue weighted by Gasteiger charge is 2.52. The van der Waals surface area contributed by atoms with Crippen LogP contribution in [0.25, 0.3) is 0 Å². The van der Waals surface area contributed by atoms with Gasteiger partial charge in [-0.25, -0.2) is 5.01 Å². The minimum absolute atomic E-state index is 0.228. The number of carbonyl (C=O) groups excluding carboxylic acids is 4. The Kier molecular flexibility index (Phi) is 6.51. The van der Waals surface area contributed by atoms with E-state index in [1.807, 2.05) is 0 Å². The van der Waals surface area contributed by atoms with E-state index in [4.69, 9.17) is 16.3 Å². The molecule has 1 saturated carbocycles. The van der Waals surface area contributed by atoms with Gasteiger partial charge in [-0.1, -0.05) is 18.5 Å². The summed E-state index contributed by atoms with van der Waals surface area (Å²) in [6, 6.07) is 12.6. The monoisotopic (exact) mass is 468 g/mol. The van der Waals surface area contributed by atoms with Crippen LogP contribution in [-0.2, 0) is 9.59 Å². The molecule has 3 amide bonds. The Hall–Kier alpha value is -3.19. The number of carbonyl (C=O) groups is 4. The van der Waals surface area contributed by atoms with Gasteiger partial charge in [0, 0.05) is 16.1 Å². The molecule has 33 heavy (non-hydrogen) atoms. The Labute approximate surface area is 197 Å². The highest BCUT2D eigenvalue weighted by Crippen LogP contribution is 2.41. The van der Waals surface area contributed by atoms with Crippen molar-refractivity contribution < 1.29 is 23.9 Å². The molecule has 8 heteroatoms. The van der Waals surface area contributed by atoms with Gasteiger partial charge in [-0.2, -0.15) is 5.01 Å². The molecule has 1 heterocycles. The zero-order valence-corrected chi connectivity index (χ0v) is 19.2. The quantitative estimate of drug-likeness (QED) is 0.472. The molecule has 2 aromatic carbocycles. The van der Waals surface area contributed by atoms with Gasteiger partial charge in [0.2, 0.25) is 0 Å². The number of halogens is 1. The molecule has 1 saturated heterocycles. The minimum Gasteiger partial charge on any atom is -0.497 e. The summed E-state index contributed by atoms with van der Waals surface area (Å²) in [6.45, 7) is 1.61. The third-order valence-electron chi connectivity index (χ3n) is 6.44. The molecule has 0 spiro atoms. The van der Waals surface area contributed by atoms with Gasteiger partial charge in [-0.05, 0) is 73.7 Å². The van der Waals surface area contributed by atoms with Crippen molar-refractivity contribution >= 4 is 35.1 Å². The Balaban J connectivity index is 1.67. The Morgan fingerprint density at radius 3 is 2.21 bits per heavy atom. The summed E-state index contributed by atoms with van der Waals surface area (Å²) in [5, 5.41) is 2.34. The van der Waals surface area contributed by atoms with Gasteiger partial charge in [0.05, 0.1) is 18.9 Å². The van der Waals surface area contributed by atoms with Crippen molar-refractivity contribution in [1.82, 2.24) is 10.0 Å². The second kappa shape index (κ2) is 9.35. The summed E-state index contributed by atoms with van der Waals surface area (Å²) < 4.78 is 5.12. The molecule has 2 aliphatic rings. The highest BCUT2D eigenvalue weighted by molar-refractivity contribution is 6.30.